The van der Waals surface area contributed by atoms with Gasteiger partial charge in [-0.05, 0) is 31.9 Å². The fourth-order valence-corrected chi connectivity index (χ4v) is 2.35. The average molecular weight is 249 g/mol. The molecule has 0 aromatic heterocycles. The van der Waals surface area contributed by atoms with Crippen molar-refractivity contribution in [3.8, 4) is 0 Å². The molecule has 98 valence electrons. The van der Waals surface area contributed by atoms with Crippen molar-refractivity contribution in [3.63, 3.8) is 0 Å². The lowest BCUT2D eigenvalue weighted by molar-refractivity contribution is -0.158. The van der Waals surface area contributed by atoms with Crippen LogP contribution in [0.4, 0.5) is 0 Å². The van der Waals surface area contributed by atoms with Gasteiger partial charge in [-0.1, -0.05) is 24.3 Å². The van der Waals surface area contributed by atoms with E-state index in [0.717, 1.165) is 5.56 Å². The van der Waals surface area contributed by atoms with Gasteiger partial charge in [-0.15, -0.1) is 0 Å². The third-order valence-corrected chi connectivity index (χ3v) is 3.32. The number of hydrogen-bond donors (Lipinski definition) is 1. The average Bonchev–Trinajstić information content (AvgIpc) is 2.29. The van der Waals surface area contributed by atoms with Crippen LogP contribution in [0.25, 0.3) is 0 Å². The fraction of sp³-hybridized carbons (Fsp3) is 0.429. The van der Waals surface area contributed by atoms with Crippen molar-refractivity contribution in [2.45, 2.75) is 33.2 Å². The van der Waals surface area contributed by atoms with Gasteiger partial charge in [-0.3, -0.25) is 4.79 Å². The van der Waals surface area contributed by atoms with Crippen molar-refractivity contribution < 1.29 is 14.7 Å². The molecule has 1 atom stereocenters. The van der Waals surface area contributed by atoms with E-state index in [0.29, 0.717) is 12.1 Å². The molecule has 0 radical (unpaired) electrons. The van der Waals surface area contributed by atoms with Crippen LogP contribution in [0, 0.1) is 6.92 Å². The first-order valence-electron chi connectivity index (χ1n) is 5.93. The van der Waals surface area contributed by atoms with Crippen LogP contribution >= 0.6 is 0 Å². The number of aliphatic carboxylic acids is 1. The lowest BCUT2D eigenvalue weighted by atomic mass is 9.86. The van der Waals surface area contributed by atoms with Crippen LogP contribution in [-0.2, 0) is 15.1 Å². The Bertz CT molecular complexity index is 470. The summed E-state index contributed by atoms with van der Waals surface area (Å²) in [6.07, 6.45) is 0. The van der Waals surface area contributed by atoms with E-state index in [4.69, 9.17) is 0 Å². The van der Waals surface area contributed by atoms with Gasteiger partial charge in [0.1, 0.15) is 0 Å². The van der Waals surface area contributed by atoms with Gasteiger partial charge in [0.15, 0.2) is 5.54 Å². The van der Waals surface area contributed by atoms with E-state index in [1.54, 1.807) is 26.0 Å². The van der Waals surface area contributed by atoms with Gasteiger partial charge in [-0.2, -0.15) is 0 Å². The number of amides is 1. The summed E-state index contributed by atoms with van der Waals surface area (Å²) in [5.41, 5.74) is 0.183. The zero-order valence-electron chi connectivity index (χ0n) is 11.2. The van der Waals surface area contributed by atoms with Crippen molar-refractivity contribution in [2.24, 2.45) is 0 Å². The van der Waals surface area contributed by atoms with Crippen molar-refractivity contribution >= 4 is 11.9 Å². The maximum Gasteiger partial charge on any atom is 0.334 e. The summed E-state index contributed by atoms with van der Waals surface area (Å²) in [5.74, 6) is -1.26. The number of rotatable bonds is 4. The molecule has 0 aliphatic rings. The second kappa shape index (κ2) is 5.21. The summed E-state index contributed by atoms with van der Waals surface area (Å²) in [4.78, 5) is 24.7. The molecular weight excluding hydrogens is 230 g/mol. The highest BCUT2D eigenvalue weighted by Gasteiger charge is 2.43. The van der Waals surface area contributed by atoms with Crippen LogP contribution in [0.5, 0.6) is 0 Å². The number of benzene rings is 1. The number of carbonyl (C=O) groups is 2. The minimum Gasteiger partial charge on any atom is -0.479 e. The predicted octanol–water partition coefficient (Wildman–Crippen LogP) is 2.16. The van der Waals surface area contributed by atoms with E-state index in [2.05, 4.69) is 0 Å². The predicted molar refractivity (Wildman–Crippen MR) is 69.2 cm³/mol. The van der Waals surface area contributed by atoms with E-state index in [1.807, 2.05) is 19.1 Å². The lowest BCUT2D eigenvalue weighted by Gasteiger charge is -2.38. The molecule has 0 aliphatic heterocycles. The topological polar surface area (TPSA) is 57.6 Å². The molecule has 1 unspecified atom stereocenters. The Labute approximate surface area is 107 Å². The van der Waals surface area contributed by atoms with Gasteiger partial charge in [-0.25, -0.2) is 4.79 Å². The normalized spacial score (nSPS) is 13.8. The highest BCUT2D eigenvalue weighted by molar-refractivity contribution is 5.87. The minimum atomic E-state index is -1.33. The summed E-state index contributed by atoms with van der Waals surface area (Å²) in [6.45, 7) is 6.95. The lowest BCUT2D eigenvalue weighted by Crippen LogP contribution is -2.52. The summed E-state index contributed by atoms with van der Waals surface area (Å²) in [7, 11) is 0. The highest BCUT2D eigenvalue weighted by Crippen LogP contribution is 2.31. The third kappa shape index (κ3) is 2.23. The SMILES string of the molecule is CCN(C(C)=O)C(C)(C(=O)O)c1ccccc1C. The van der Waals surface area contributed by atoms with Crippen LogP contribution in [0.1, 0.15) is 31.9 Å². The van der Waals surface area contributed by atoms with Crippen LogP contribution in [-0.4, -0.2) is 28.4 Å². The molecule has 1 rings (SSSR count). The first-order valence-corrected chi connectivity index (χ1v) is 5.93. The first kappa shape index (κ1) is 14.2. The summed E-state index contributed by atoms with van der Waals surface area (Å²) in [5, 5.41) is 9.57. The summed E-state index contributed by atoms with van der Waals surface area (Å²) < 4.78 is 0. The Balaban J connectivity index is 3.45. The molecular formula is C14H19NO3. The Morgan fingerprint density at radius 2 is 1.89 bits per heavy atom. The van der Waals surface area contributed by atoms with E-state index in [9.17, 15) is 14.7 Å². The maximum absolute atomic E-state index is 11.7. The molecule has 0 saturated carbocycles. The highest BCUT2D eigenvalue weighted by atomic mass is 16.4. The van der Waals surface area contributed by atoms with E-state index >= 15 is 0 Å². The quantitative estimate of drug-likeness (QED) is 0.889. The van der Waals surface area contributed by atoms with Crippen LogP contribution in [0.15, 0.2) is 24.3 Å². The second-order valence-electron chi connectivity index (χ2n) is 4.46. The number of carbonyl (C=O) groups excluding carboxylic acids is 1. The molecule has 1 aromatic carbocycles. The van der Waals surface area contributed by atoms with E-state index in [1.165, 1.54) is 11.8 Å². The Morgan fingerprint density at radius 3 is 2.28 bits per heavy atom. The van der Waals surface area contributed by atoms with E-state index < -0.39 is 11.5 Å². The number of carboxylic acid groups (broad SMARTS) is 1. The first-order chi connectivity index (χ1) is 8.35. The number of nitrogens with zero attached hydrogens (tertiary/aromatic N) is 1. The minimum absolute atomic E-state index is 0.245. The largest absolute Gasteiger partial charge is 0.479 e. The Hall–Kier alpha value is -1.84. The zero-order chi connectivity index (χ0) is 13.9. The van der Waals surface area contributed by atoms with Gasteiger partial charge in [0.05, 0.1) is 0 Å². The van der Waals surface area contributed by atoms with Crippen molar-refractivity contribution in [3.05, 3.63) is 35.4 Å². The van der Waals surface area contributed by atoms with Crippen molar-refractivity contribution in [1.29, 1.82) is 0 Å². The van der Waals surface area contributed by atoms with Gasteiger partial charge >= 0.3 is 5.97 Å². The van der Waals surface area contributed by atoms with E-state index in [-0.39, 0.29) is 5.91 Å². The molecule has 0 aliphatic carbocycles. The van der Waals surface area contributed by atoms with Crippen molar-refractivity contribution in [1.82, 2.24) is 4.90 Å². The van der Waals surface area contributed by atoms with Crippen LogP contribution < -0.4 is 0 Å². The van der Waals surface area contributed by atoms with Crippen molar-refractivity contribution in [2.75, 3.05) is 6.54 Å². The molecule has 0 bridgehead atoms. The molecule has 0 fully saturated rings. The molecule has 1 amide bonds. The monoisotopic (exact) mass is 249 g/mol. The maximum atomic E-state index is 11.7. The number of carboxylic acids is 1. The molecule has 0 spiro atoms. The number of aryl methyl sites for hydroxylation is 1. The molecule has 0 heterocycles. The van der Waals surface area contributed by atoms with Crippen LogP contribution in [0.2, 0.25) is 0 Å². The standard InChI is InChI=1S/C14H19NO3/c1-5-15(11(3)16)14(4,13(17)18)12-9-7-6-8-10(12)2/h6-9H,5H2,1-4H3,(H,17,18). The molecule has 0 saturated heterocycles. The molecule has 4 nitrogen and oxygen atoms in total. The number of hydrogen-bond acceptors (Lipinski definition) is 2. The zero-order valence-corrected chi connectivity index (χ0v) is 11.2. The molecule has 1 aromatic rings. The van der Waals surface area contributed by atoms with Gasteiger partial charge in [0, 0.05) is 13.5 Å². The summed E-state index contributed by atoms with van der Waals surface area (Å²) >= 11 is 0. The summed E-state index contributed by atoms with van der Waals surface area (Å²) in [6, 6.07) is 7.25. The third-order valence-electron chi connectivity index (χ3n) is 3.32. The number of likely N-dealkylation sites (N-methyl/N-ethyl adjacent to an activating group) is 1. The smallest absolute Gasteiger partial charge is 0.334 e. The molecule has 4 heteroatoms. The van der Waals surface area contributed by atoms with Gasteiger partial charge in [0.2, 0.25) is 5.91 Å². The Kier molecular flexibility index (Phi) is 4.11. The van der Waals surface area contributed by atoms with Gasteiger partial charge < -0.3 is 10.0 Å². The Morgan fingerprint density at radius 1 is 1.33 bits per heavy atom. The second-order valence-corrected chi connectivity index (χ2v) is 4.46. The van der Waals surface area contributed by atoms with Gasteiger partial charge in [0.25, 0.3) is 0 Å². The fourth-order valence-electron chi connectivity index (χ4n) is 2.35. The van der Waals surface area contributed by atoms with Crippen LogP contribution in [0.3, 0.4) is 0 Å². The molecule has 1 N–H and O–H groups in total. The molecule has 18 heavy (non-hydrogen) atoms.